The molecule has 0 saturated heterocycles. The van der Waals surface area contributed by atoms with Crippen molar-refractivity contribution < 1.29 is 17.9 Å². The molecular formula is C16H18F3N3OS. The van der Waals surface area contributed by atoms with Crippen molar-refractivity contribution in [3.05, 3.63) is 36.6 Å². The van der Waals surface area contributed by atoms with Crippen LogP contribution in [0.3, 0.4) is 0 Å². The van der Waals surface area contributed by atoms with Crippen LogP contribution in [0, 0.1) is 5.82 Å². The van der Waals surface area contributed by atoms with Gasteiger partial charge in [0.25, 0.3) is 5.92 Å². The highest BCUT2D eigenvalue weighted by Gasteiger charge is 2.27. The maximum atomic E-state index is 13.4. The molecule has 0 aliphatic rings. The van der Waals surface area contributed by atoms with Gasteiger partial charge < -0.3 is 9.64 Å². The molecule has 0 saturated carbocycles. The number of alkyl halides is 2. The molecule has 2 heterocycles. The van der Waals surface area contributed by atoms with Gasteiger partial charge in [0, 0.05) is 24.0 Å². The normalized spacial score (nSPS) is 11.4. The Bertz CT molecular complexity index is 728. The molecule has 4 nitrogen and oxygen atoms in total. The summed E-state index contributed by atoms with van der Waals surface area (Å²) in [7, 11) is 1.44. The molecule has 130 valence electrons. The lowest BCUT2D eigenvalue weighted by Crippen LogP contribution is -2.25. The van der Waals surface area contributed by atoms with Crippen molar-refractivity contribution in [1.29, 1.82) is 0 Å². The third kappa shape index (κ3) is 4.25. The number of aromatic nitrogens is 2. The highest BCUT2D eigenvalue weighted by Crippen LogP contribution is 2.41. The third-order valence-electron chi connectivity index (χ3n) is 3.18. The summed E-state index contributed by atoms with van der Waals surface area (Å²) in [6.07, 6.45) is 2.11. The first-order chi connectivity index (χ1) is 11.2. The Hall–Kier alpha value is -2.09. The van der Waals surface area contributed by atoms with Gasteiger partial charge in [-0.15, -0.1) is 0 Å². The first-order valence-corrected chi connectivity index (χ1v) is 8.05. The van der Waals surface area contributed by atoms with Gasteiger partial charge in [0.2, 0.25) is 5.88 Å². The minimum Gasteiger partial charge on any atom is -0.479 e. The first-order valence-electron chi connectivity index (χ1n) is 7.24. The van der Waals surface area contributed by atoms with Gasteiger partial charge in [0.1, 0.15) is 10.8 Å². The van der Waals surface area contributed by atoms with Crippen LogP contribution in [0.4, 0.5) is 18.2 Å². The molecule has 0 spiro atoms. The van der Waals surface area contributed by atoms with Crippen molar-refractivity contribution in [3.63, 3.8) is 0 Å². The molecule has 0 radical (unpaired) electrons. The minimum atomic E-state index is -2.86. The summed E-state index contributed by atoms with van der Waals surface area (Å²) in [5.41, 5.74) is 0.753. The second-order valence-corrected chi connectivity index (χ2v) is 6.26. The summed E-state index contributed by atoms with van der Waals surface area (Å²) in [5, 5.41) is 1.04. The van der Waals surface area contributed by atoms with Crippen LogP contribution in [-0.4, -0.2) is 29.5 Å². The second kappa shape index (κ2) is 7.21. The molecule has 24 heavy (non-hydrogen) atoms. The zero-order chi connectivity index (χ0) is 17.9. The summed E-state index contributed by atoms with van der Waals surface area (Å²) in [5.74, 6) is -3.06. The molecule has 0 aromatic carbocycles. The molecule has 0 N–H and O–H groups in total. The molecular weight excluding hydrogens is 339 g/mol. The van der Waals surface area contributed by atoms with Crippen molar-refractivity contribution in [2.45, 2.75) is 26.2 Å². The molecule has 0 unspecified atom stereocenters. The van der Waals surface area contributed by atoms with E-state index in [0.717, 1.165) is 13.1 Å². The lowest BCUT2D eigenvalue weighted by Gasteiger charge is -2.25. The topological polar surface area (TPSA) is 38.2 Å². The van der Waals surface area contributed by atoms with Crippen molar-refractivity contribution >= 4 is 16.3 Å². The maximum Gasteiger partial charge on any atom is 0.250 e. The van der Waals surface area contributed by atoms with Crippen LogP contribution in [0.15, 0.2) is 30.7 Å². The van der Waals surface area contributed by atoms with Crippen LogP contribution >= 0.6 is 11.3 Å². The van der Waals surface area contributed by atoms with Crippen LogP contribution in [-0.2, 0) is 0 Å². The van der Waals surface area contributed by atoms with E-state index in [1.54, 1.807) is 4.90 Å². The average Bonchev–Trinajstić information content (AvgIpc) is 2.90. The minimum absolute atomic E-state index is 0.260. The molecule has 2 aromatic rings. The van der Waals surface area contributed by atoms with E-state index in [1.807, 2.05) is 6.92 Å². The molecule has 2 aromatic heterocycles. The zero-order valence-corrected chi connectivity index (χ0v) is 14.5. The monoisotopic (exact) mass is 357 g/mol. The van der Waals surface area contributed by atoms with E-state index in [9.17, 15) is 13.2 Å². The molecule has 0 atom stereocenters. The van der Waals surface area contributed by atoms with Crippen LogP contribution < -0.4 is 9.64 Å². The van der Waals surface area contributed by atoms with Gasteiger partial charge in [0.05, 0.1) is 19.7 Å². The van der Waals surface area contributed by atoms with E-state index in [4.69, 9.17) is 4.74 Å². The predicted molar refractivity (Wildman–Crippen MR) is 89.3 cm³/mol. The van der Waals surface area contributed by atoms with Gasteiger partial charge in [0.15, 0.2) is 5.00 Å². The first kappa shape index (κ1) is 18.3. The molecule has 0 fully saturated rings. The van der Waals surface area contributed by atoms with Gasteiger partial charge in [-0.25, -0.2) is 13.2 Å². The molecule has 0 bridgehead atoms. The number of halogens is 3. The number of methoxy groups -OCH3 is 1. The summed E-state index contributed by atoms with van der Waals surface area (Å²) in [6, 6.07) is 1.31. The maximum absolute atomic E-state index is 13.4. The van der Waals surface area contributed by atoms with E-state index in [-0.39, 0.29) is 11.6 Å². The van der Waals surface area contributed by atoms with E-state index in [0.29, 0.717) is 22.1 Å². The number of thiazole rings is 1. The van der Waals surface area contributed by atoms with Crippen molar-refractivity contribution in [2.24, 2.45) is 0 Å². The third-order valence-corrected chi connectivity index (χ3v) is 4.29. The quantitative estimate of drug-likeness (QED) is 0.717. The Kier molecular flexibility index (Phi) is 5.48. The number of nitrogens with zero attached hydrogens (tertiary/aromatic N) is 3. The summed E-state index contributed by atoms with van der Waals surface area (Å²) in [6.45, 7) is 6.85. The number of allylic oxidation sites excluding steroid dienone is 1. The fourth-order valence-corrected chi connectivity index (χ4v) is 3.34. The summed E-state index contributed by atoms with van der Waals surface area (Å²) >= 11 is 1.21. The number of ether oxygens (including phenoxy) is 1. The molecule has 0 amide bonds. The predicted octanol–water partition coefficient (Wildman–Crippen LogP) is 4.74. The number of anilines is 1. The van der Waals surface area contributed by atoms with Gasteiger partial charge in [-0.3, -0.25) is 4.98 Å². The van der Waals surface area contributed by atoms with Crippen LogP contribution in [0.2, 0.25) is 0 Å². The second-order valence-electron chi connectivity index (χ2n) is 5.28. The number of hydrogen-bond acceptors (Lipinski definition) is 5. The molecule has 0 aliphatic carbocycles. The standard InChI is InChI=1S/C16H18F3N3OS/c1-5-22(10(2)7-16(3,18)19)15-13(23-4)21-14(24-15)11-6-12(17)9-20-8-11/h6,8-9H,2,5,7H2,1,3-4H3. The number of pyridine rings is 1. The van der Waals surface area contributed by atoms with Crippen molar-refractivity contribution in [1.82, 2.24) is 9.97 Å². The highest BCUT2D eigenvalue weighted by molar-refractivity contribution is 7.19. The largest absolute Gasteiger partial charge is 0.479 e. The van der Waals surface area contributed by atoms with Crippen LogP contribution in [0.25, 0.3) is 10.6 Å². The smallest absolute Gasteiger partial charge is 0.250 e. The van der Waals surface area contributed by atoms with E-state index >= 15 is 0 Å². The summed E-state index contributed by atoms with van der Waals surface area (Å²) in [4.78, 5) is 9.73. The number of rotatable bonds is 7. The van der Waals surface area contributed by atoms with E-state index in [2.05, 4.69) is 16.5 Å². The molecule has 8 heteroatoms. The lowest BCUT2D eigenvalue weighted by molar-refractivity contribution is 0.0222. The Labute approximate surface area is 142 Å². The van der Waals surface area contributed by atoms with E-state index < -0.39 is 18.2 Å². The Balaban J connectivity index is 2.39. The highest BCUT2D eigenvalue weighted by atomic mass is 32.1. The van der Waals surface area contributed by atoms with Crippen molar-refractivity contribution in [2.75, 3.05) is 18.6 Å². The fourth-order valence-electron chi connectivity index (χ4n) is 2.22. The van der Waals surface area contributed by atoms with Gasteiger partial charge in [-0.05, 0) is 19.9 Å². The lowest BCUT2D eigenvalue weighted by atomic mass is 10.2. The zero-order valence-electron chi connectivity index (χ0n) is 13.6. The average molecular weight is 357 g/mol. The number of hydrogen-bond donors (Lipinski definition) is 0. The molecule has 2 rings (SSSR count). The van der Waals surface area contributed by atoms with Gasteiger partial charge >= 0.3 is 0 Å². The Morgan fingerprint density at radius 3 is 2.67 bits per heavy atom. The Morgan fingerprint density at radius 2 is 2.12 bits per heavy atom. The van der Waals surface area contributed by atoms with Gasteiger partial charge in [-0.2, -0.15) is 4.98 Å². The fraction of sp³-hybridized carbons (Fsp3) is 0.375. The molecule has 0 aliphatic heterocycles. The van der Waals surface area contributed by atoms with Crippen LogP contribution in [0.5, 0.6) is 5.88 Å². The van der Waals surface area contributed by atoms with E-state index in [1.165, 1.54) is 30.7 Å². The SMILES string of the molecule is C=C(CC(C)(F)F)N(CC)c1sc(-c2cncc(F)c2)nc1OC. The summed E-state index contributed by atoms with van der Waals surface area (Å²) < 4.78 is 45.2. The van der Waals surface area contributed by atoms with Gasteiger partial charge in [-0.1, -0.05) is 17.9 Å². The van der Waals surface area contributed by atoms with Crippen molar-refractivity contribution in [3.8, 4) is 16.5 Å². The Morgan fingerprint density at radius 1 is 1.42 bits per heavy atom. The van der Waals surface area contributed by atoms with Crippen LogP contribution in [0.1, 0.15) is 20.3 Å².